The van der Waals surface area contributed by atoms with Gasteiger partial charge in [-0.25, -0.2) is 5.48 Å². The highest BCUT2D eigenvalue weighted by Gasteiger charge is 2.40. The summed E-state index contributed by atoms with van der Waals surface area (Å²) in [5.74, 6) is -1.54. The van der Waals surface area contributed by atoms with Crippen LogP contribution in [0.5, 0.6) is 0 Å². The molecule has 0 aliphatic carbocycles. The van der Waals surface area contributed by atoms with Gasteiger partial charge in [0.2, 0.25) is 0 Å². The minimum absolute atomic E-state index is 0.00662. The van der Waals surface area contributed by atoms with Gasteiger partial charge < -0.3 is 10.4 Å². The Morgan fingerprint density at radius 2 is 1.84 bits per heavy atom. The molecule has 0 unspecified atom stereocenters. The summed E-state index contributed by atoms with van der Waals surface area (Å²) in [6, 6.07) is 16.2. The summed E-state index contributed by atoms with van der Waals surface area (Å²) >= 11 is 12.4. The molecule has 0 spiro atoms. The molecule has 3 aromatic rings. The number of aliphatic hydroxyl groups is 1. The molecule has 0 fully saturated rings. The maximum atomic E-state index is 13.2. The van der Waals surface area contributed by atoms with Crippen LogP contribution in [-0.4, -0.2) is 21.9 Å². The van der Waals surface area contributed by atoms with Crippen LogP contribution in [0.1, 0.15) is 44.8 Å². The van der Waals surface area contributed by atoms with Crippen LogP contribution in [0.25, 0.3) is 0 Å². The van der Waals surface area contributed by atoms with Crippen LogP contribution in [0.3, 0.4) is 0 Å². The van der Waals surface area contributed by atoms with E-state index < -0.39 is 17.9 Å². The summed E-state index contributed by atoms with van der Waals surface area (Å²) in [5, 5.41) is 12.9. The molecule has 1 aliphatic rings. The van der Waals surface area contributed by atoms with Crippen molar-refractivity contribution >= 4 is 35.0 Å². The first-order valence-electron chi connectivity index (χ1n) is 9.80. The lowest BCUT2D eigenvalue weighted by atomic mass is 9.80. The zero-order valence-corrected chi connectivity index (χ0v) is 18.2. The molecule has 164 valence electrons. The van der Waals surface area contributed by atoms with Crippen molar-refractivity contribution in [2.24, 2.45) is 0 Å². The second-order valence-corrected chi connectivity index (χ2v) is 8.06. The number of pyridine rings is 1. The van der Waals surface area contributed by atoms with Gasteiger partial charge in [-0.2, -0.15) is 0 Å². The Balaban J connectivity index is 1.60. The first-order chi connectivity index (χ1) is 15.5. The number of aliphatic hydroxyl groups excluding tert-OH is 1. The molecule has 2 atom stereocenters. The number of carbonyl (C=O) groups is 2. The van der Waals surface area contributed by atoms with Crippen LogP contribution in [0.15, 0.2) is 60.7 Å². The fourth-order valence-electron chi connectivity index (χ4n) is 3.70. The Morgan fingerprint density at radius 3 is 2.62 bits per heavy atom. The van der Waals surface area contributed by atoms with Gasteiger partial charge in [0, 0.05) is 15.6 Å². The molecule has 0 bridgehead atoms. The van der Waals surface area contributed by atoms with Crippen molar-refractivity contribution in [3.8, 4) is 0 Å². The van der Waals surface area contributed by atoms with Crippen molar-refractivity contribution in [2.45, 2.75) is 25.2 Å². The number of halogens is 2. The summed E-state index contributed by atoms with van der Waals surface area (Å²) in [4.78, 5) is 35.5. The number of aromatic nitrogens is 1. The molecule has 2 heterocycles. The molecule has 1 aromatic heterocycles. The van der Waals surface area contributed by atoms with E-state index in [4.69, 9.17) is 28.0 Å². The van der Waals surface area contributed by atoms with Gasteiger partial charge in [-0.3, -0.25) is 19.4 Å². The van der Waals surface area contributed by atoms with Crippen molar-refractivity contribution in [3.05, 3.63) is 98.8 Å². The summed E-state index contributed by atoms with van der Waals surface area (Å²) < 4.78 is 0. The monoisotopic (exact) mass is 471 g/mol. The number of hydroxylamine groups is 1. The predicted octanol–water partition coefficient (Wildman–Crippen LogP) is 3.70. The number of hydrogen-bond acceptors (Lipinski definition) is 5. The van der Waals surface area contributed by atoms with Crippen molar-refractivity contribution in [1.29, 1.82) is 0 Å². The second-order valence-electron chi connectivity index (χ2n) is 7.22. The van der Waals surface area contributed by atoms with E-state index in [-0.39, 0.29) is 19.1 Å². The van der Waals surface area contributed by atoms with Gasteiger partial charge in [-0.1, -0.05) is 53.5 Å². The summed E-state index contributed by atoms with van der Waals surface area (Å²) in [6.45, 7) is -0.186. The molecule has 0 saturated heterocycles. The summed E-state index contributed by atoms with van der Waals surface area (Å²) in [5.41, 5.74) is 5.05. The van der Waals surface area contributed by atoms with Crippen LogP contribution in [0.4, 0.5) is 0 Å². The smallest absolute Gasteiger partial charge is 0.253 e. The third-order valence-corrected chi connectivity index (χ3v) is 5.72. The molecule has 0 saturated carbocycles. The minimum atomic E-state index is -0.792. The molecular formula is C23H19Cl2N3O4. The van der Waals surface area contributed by atoms with Crippen LogP contribution in [0.2, 0.25) is 10.0 Å². The van der Waals surface area contributed by atoms with E-state index in [9.17, 15) is 14.7 Å². The maximum Gasteiger partial charge on any atom is 0.253 e. The van der Waals surface area contributed by atoms with E-state index in [1.807, 2.05) is 0 Å². The number of hydrogen-bond donors (Lipinski definition) is 3. The largest absolute Gasteiger partial charge is 0.390 e. The molecule has 2 amide bonds. The van der Waals surface area contributed by atoms with E-state index in [0.29, 0.717) is 38.1 Å². The van der Waals surface area contributed by atoms with E-state index in [1.54, 1.807) is 60.7 Å². The van der Waals surface area contributed by atoms with Crippen molar-refractivity contribution < 1.29 is 19.5 Å². The number of nitrogens with one attached hydrogen (secondary N) is 2. The molecule has 9 heteroatoms. The number of rotatable bonds is 6. The lowest BCUT2D eigenvalue weighted by Crippen LogP contribution is -2.44. The average Bonchev–Trinajstić information content (AvgIpc) is 2.79. The van der Waals surface area contributed by atoms with Gasteiger partial charge in [0.1, 0.15) is 6.61 Å². The Labute approximate surface area is 194 Å². The van der Waals surface area contributed by atoms with Crippen molar-refractivity contribution in [1.82, 2.24) is 15.8 Å². The van der Waals surface area contributed by atoms with Crippen LogP contribution >= 0.6 is 23.2 Å². The van der Waals surface area contributed by atoms with E-state index >= 15 is 0 Å². The fourth-order valence-corrected chi connectivity index (χ4v) is 4.23. The number of benzene rings is 2. The Kier molecular flexibility index (Phi) is 6.72. The molecule has 4 rings (SSSR count). The molecule has 2 aromatic carbocycles. The Morgan fingerprint density at radius 1 is 1.06 bits per heavy atom. The highest BCUT2D eigenvalue weighted by molar-refractivity contribution is 6.35. The molecule has 0 radical (unpaired) electrons. The topological polar surface area (TPSA) is 101 Å². The molecule has 1 aliphatic heterocycles. The highest BCUT2D eigenvalue weighted by Crippen LogP contribution is 2.40. The lowest BCUT2D eigenvalue weighted by molar-refractivity contribution is -0.137. The number of carbonyl (C=O) groups excluding carboxylic acids is 2. The second kappa shape index (κ2) is 9.67. The van der Waals surface area contributed by atoms with Crippen LogP contribution in [-0.2, 0) is 22.8 Å². The van der Waals surface area contributed by atoms with E-state index in [2.05, 4.69) is 15.8 Å². The molecule has 32 heavy (non-hydrogen) atoms. The Hall–Kier alpha value is -2.97. The zero-order chi connectivity index (χ0) is 22.7. The van der Waals surface area contributed by atoms with Gasteiger partial charge in [-0.05, 0) is 41.5 Å². The minimum Gasteiger partial charge on any atom is -0.390 e. The predicted molar refractivity (Wildman–Crippen MR) is 119 cm³/mol. The third-order valence-electron chi connectivity index (χ3n) is 5.16. The molecule has 3 N–H and O–H groups in total. The van der Waals surface area contributed by atoms with Crippen LogP contribution in [0, 0.1) is 0 Å². The van der Waals surface area contributed by atoms with Crippen molar-refractivity contribution in [2.75, 3.05) is 0 Å². The molecule has 7 nitrogen and oxygen atoms in total. The van der Waals surface area contributed by atoms with E-state index in [1.165, 1.54) is 0 Å². The number of amides is 2. The van der Waals surface area contributed by atoms with E-state index in [0.717, 1.165) is 0 Å². The lowest BCUT2D eigenvalue weighted by Gasteiger charge is -2.33. The van der Waals surface area contributed by atoms with Gasteiger partial charge in [0.15, 0.2) is 0 Å². The normalized spacial score (nSPS) is 17.4. The van der Waals surface area contributed by atoms with Gasteiger partial charge in [0.05, 0.1) is 30.0 Å². The summed E-state index contributed by atoms with van der Waals surface area (Å²) in [6.07, 6.45) is 0. The zero-order valence-electron chi connectivity index (χ0n) is 16.7. The standard InChI is InChI=1S/C23H19Cl2N3O4/c24-13-8-9-18(19(25)10-13)21-20(16-6-1-2-7-17(16)22(30)27-21)23(31)28-32-12-15-5-3-4-14(11-29)26-15/h1-10,20-21,29H,11-12H2,(H,27,30)(H,28,31)/t20-,21+/m1/s1. The average molecular weight is 472 g/mol. The fraction of sp³-hybridized carbons (Fsp3) is 0.174. The summed E-state index contributed by atoms with van der Waals surface area (Å²) in [7, 11) is 0. The quantitative estimate of drug-likeness (QED) is 0.475. The maximum absolute atomic E-state index is 13.2. The first kappa shape index (κ1) is 22.2. The van der Waals surface area contributed by atoms with Gasteiger partial charge in [0.25, 0.3) is 11.8 Å². The van der Waals surface area contributed by atoms with Crippen molar-refractivity contribution in [3.63, 3.8) is 0 Å². The van der Waals surface area contributed by atoms with Gasteiger partial charge >= 0.3 is 0 Å². The number of nitrogens with zero attached hydrogens (tertiary/aromatic N) is 1. The highest BCUT2D eigenvalue weighted by atomic mass is 35.5. The molecular weight excluding hydrogens is 453 g/mol. The SMILES string of the molecule is O=C1N[C@@H](c2ccc(Cl)cc2Cl)[C@H](C(=O)NOCc2cccc(CO)n2)c2ccccc21. The Bertz CT molecular complexity index is 1170. The third kappa shape index (κ3) is 4.61. The van der Waals surface area contributed by atoms with Crippen LogP contribution < -0.4 is 10.8 Å². The first-order valence-corrected chi connectivity index (χ1v) is 10.6. The van der Waals surface area contributed by atoms with Gasteiger partial charge in [-0.15, -0.1) is 0 Å². The number of fused-ring (bicyclic) bond motifs is 1.